The van der Waals surface area contributed by atoms with Crippen LogP contribution >= 0.6 is 15.9 Å². The number of unbranched alkanes of at least 4 members (excludes halogenated alkanes) is 14. The number of halogens is 1. The molecule has 3 N–H and O–H groups in total. The molecule has 0 aromatic heterocycles. The van der Waals surface area contributed by atoms with Crippen LogP contribution in [0.5, 0.6) is 17.2 Å². The largest absolute Gasteiger partial charge is 0.504 e. The van der Waals surface area contributed by atoms with Crippen molar-refractivity contribution in [2.45, 2.75) is 110 Å². The molecular weight excluding hydrogens is 432 g/mol. The lowest BCUT2D eigenvalue weighted by Gasteiger charge is -2.09. The molecule has 0 aliphatic rings. The normalized spacial score (nSPS) is 11.1. The van der Waals surface area contributed by atoms with Crippen LogP contribution in [0, 0.1) is 0 Å². The zero-order valence-electron chi connectivity index (χ0n) is 18.0. The number of aromatic hydroxyl groups is 3. The minimum Gasteiger partial charge on any atom is -0.504 e. The molecule has 0 saturated carbocycles. The van der Waals surface area contributed by atoms with Crippen LogP contribution in [0.25, 0.3) is 0 Å². The molecule has 0 unspecified atom stereocenters. The molecule has 0 saturated heterocycles. The van der Waals surface area contributed by atoms with Gasteiger partial charge in [0.15, 0.2) is 17.3 Å². The zero-order valence-corrected chi connectivity index (χ0v) is 19.6. The second-order valence-corrected chi connectivity index (χ2v) is 8.93. The number of carbonyl (C=O) groups is 1. The monoisotopic (exact) mass is 470 g/mol. The van der Waals surface area contributed by atoms with Crippen LogP contribution in [0.4, 0.5) is 0 Å². The van der Waals surface area contributed by atoms with Gasteiger partial charge < -0.3 is 15.3 Å². The molecule has 0 aliphatic heterocycles. The maximum atomic E-state index is 12.2. The highest BCUT2D eigenvalue weighted by molar-refractivity contribution is 9.10. The van der Waals surface area contributed by atoms with E-state index in [-0.39, 0.29) is 15.8 Å². The Bertz CT molecular complexity index is 601. The third-order valence-electron chi connectivity index (χ3n) is 5.51. The summed E-state index contributed by atoms with van der Waals surface area (Å²) in [4.78, 5) is 12.2. The second-order valence-electron chi connectivity index (χ2n) is 8.07. The highest BCUT2D eigenvalue weighted by Crippen LogP contribution is 2.43. The highest BCUT2D eigenvalue weighted by atomic mass is 79.9. The summed E-state index contributed by atoms with van der Waals surface area (Å²) in [7, 11) is 0. The number of hydrogen-bond donors (Lipinski definition) is 3. The van der Waals surface area contributed by atoms with Gasteiger partial charge in [0.05, 0.1) is 10.0 Å². The maximum Gasteiger partial charge on any atom is 0.202 e. The Hall–Kier alpha value is -1.23. The van der Waals surface area contributed by atoms with Crippen molar-refractivity contribution >= 4 is 21.7 Å². The first-order valence-corrected chi connectivity index (χ1v) is 12.2. The summed E-state index contributed by atoms with van der Waals surface area (Å²) in [6.45, 7) is 2.26. The molecule has 1 aromatic rings. The molecule has 0 heterocycles. The molecule has 0 fully saturated rings. The van der Waals surface area contributed by atoms with E-state index in [2.05, 4.69) is 22.9 Å². The number of rotatable bonds is 17. The Balaban J connectivity index is 2.01. The number of phenols is 3. The fourth-order valence-corrected chi connectivity index (χ4v) is 4.04. The number of carbonyl (C=O) groups excluding carboxylic acids is 1. The van der Waals surface area contributed by atoms with Crippen molar-refractivity contribution in [2.24, 2.45) is 0 Å². The first kappa shape index (κ1) is 25.8. The van der Waals surface area contributed by atoms with Gasteiger partial charge in [0.25, 0.3) is 0 Å². The SMILES string of the molecule is CCCCCCCCCCCCCCCCCC(=O)c1cc(Br)c(O)c(O)c1O. The Kier molecular flexibility index (Phi) is 13.9. The van der Waals surface area contributed by atoms with Gasteiger partial charge in [0.2, 0.25) is 5.75 Å². The van der Waals surface area contributed by atoms with E-state index in [9.17, 15) is 20.1 Å². The van der Waals surface area contributed by atoms with Crippen molar-refractivity contribution in [2.75, 3.05) is 0 Å². The molecule has 0 amide bonds. The maximum absolute atomic E-state index is 12.2. The number of ketones is 1. The smallest absolute Gasteiger partial charge is 0.202 e. The van der Waals surface area contributed by atoms with E-state index in [0.717, 1.165) is 19.3 Å². The van der Waals surface area contributed by atoms with Crippen molar-refractivity contribution in [3.05, 3.63) is 16.1 Å². The van der Waals surface area contributed by atoms with E-state index in [4.69, 9.17) is 0 Å². The summed E-state index contributed by atoms with van der Waals surface area (Å²) in [5.41, 5.74) is 0.0533. The molecule has 1 aromatic carbocycles. The van der Waals surface area contributed by atoms with Gasteiger partial charge in [-0.05, 0) is 28.4 Å². The van der Waals surface area contributed by atoms with Crippen LogP contribution in [0.1, 0.15) is 120 Å². The minimum atomic E-state index is -0.654. The van der Waals surface area contributed by atoms with Gasteiger partial charge in [-0.25, -0.2) is 0 Å². The number of phenolic OH excluding ortho intramolecular Hbond substituents is 3. The number of Topliss-reactive ketones (excluding diaryl/α,β-unsaturated/α-hetero) is 1. The van der Waals surface area contributed by atoms with Crippen molar-refractivity contribution in [3.63, 3.8) is 0 Å². The lowest BCUT2D eigenvalue weighted by Crippen LogP contribution is -2.00. The van der Waals surface area contributed by atoms with Crippen LogP contribution in [-0.2, 0) is 0 Å². The van der Waals surface area contributed by atoms with Crippen molar-refractivity contribution < 1.29 is 20.1 Å². The van der Waals surface area contributed by atoms with E-state index in [1.807, 2.05) is 0 Å². The average Bonchev–Trinajstić information content (AvgIpc) is 2.71. The van der Waals surface area contributed by atoms with E-state index in [0.29, 0.717) is 6.42 Å². The summed E-state index contributed by atoms with van der Waals surface area (Å²) < 4.78 is 0.202. The Morgan fingerprint density at radius 1 is 0.690 bits per heavy atom. The average molecular weight is 471 g/mol. The second kappa shape index (κ2) is 15.6. The van der Waals surface area contributed by atoms with Gasteiger partial charge in [-0.3, -0.25) is 4.79 Å². The minimum absolute atomic E-state index is 0.0533. The summed E-state index contributed by atoms with van der Waals surface area (Å²) in [6, 6.07) is 1.36. The van der Waals surface area contributed by atoms with Gasteiger partial charge in [-0.15, -0.1) is 0 Å². The lowest BCUT2D eigenvalue weighted by atomic mass is 10.0. The molecule has 5 heteroatoms. The van der Waals surface area contributed by atoms with Gasteiger partial charge in [0.1, 0.15) is 0 Å². The van der Waals surface area contributed by atoms with Gasteiger partial charge >= 0.3 is 0 Å². The summed E-state index contributed by atoms with van der Waals surface area (Å²) in [5.74, 6) is -1.87. The molecule has 29 heavy (non-hydrogen) atoms. The van der Waals surface area contributed by atoms with E-state index < -0.39 is 17.2 Å². The van der Waals surface area contributed by atoms with Crippen molar-refractivity contribution in [1.29, 1.82) is 0 Å². The van der Waals surface area contributed by atoms with Gasteiger partial charge in [-0.2, -0.15) is 0 Å². The summed E-state index contributed by atoms with van der Waals surface area (Å²) in [6.07, 6.45) is 19.4. The number of hydrogen-bond acceptors (Lipinski definition) is 4. The zero-order chi connectivity index (χ0) is 21.5. The Morgan fingerprint density at radius 2 is 1.10 bits per heavy atom. The molecule has 0 atom stereocenters. The van der Waals surface area contributed by atoms with Gasteiger partial charge in [0, 0.05) is 6.42 Å². The Labute approximate surface area is 184 Å². The molecule has 4 nitrogen and oxygen atoms in total. The van der Waals surface area contributed by atoms with Crippen LogP contribution < -0.4 is 0 Å². The number of benzene rings is 1. The van der Waals surface area contributed by atoms with Crippen molar-refractivity contribution in [3.8, 4) is 17.2 Å². The van der Waals surface area contributed by atoms with E-state index >= 15 is 0 Å². The predicted molar refractivity (Wildman–Crippen MR) is 123 cm³/mol. The van der Waals surface area contributed by atoms with E-state index in [1.165, 1.54) is 83.1 Å². The van der Waals surface area contributed by atoms with Crippen LogP contribution in [0.3, 0.4) is 0 Å². The first-order chi connectivity index (χ1) is 14.0. The predicted octanol–water partition coefficient (Wildman–Crippen LogP) is 8.01. The quantitative estimate of drug-likeness (QED) is 0.122. The van der Waals surface area contributed by atoms with E-state index in [1.54, 1.807) is 0 Å². The molecule has 0 aliphatic carbocycles. The molecule has 166 valence electrons. The van der Waals surface area contributed by atoms with Gasteiger partial charge in [-0.1, -0.05) is 96.8 Å². The highest BCUT2D eigenvalue weighted by Gasteiger charge is 2.19. The molecular formula is C24H39BrO4. The lowest BCUT2D eigenvalue weighted by molar-refractivity contribution is 0.0975. The fourth-order valence-electron chi connectivity index (χ4n) is 3.62. The first-order valence-electron chi connectivity index (χ1n) is 11.5. The van der Waals surface area contributed by atoms with Crippen LogP contribution in [-0.4, -0.2) is 21.1 Å². The molecule has 1 rings (SSSR count). The van der Waals surface area contributed by atoms with Crippen LogP contribution in [0.2, 0.25) is 0 Å². The molecule has 0 spiro atoms. The van der Waals surface area contributed by atoms with Crippen LogP contribution in [0.15, 0.2) is 10.5 Å². The molecule has 0 bridgehead atoms. The Morgan fingerprint density at radius 3 is 1.55 bits per heavy atom. The summed E-state index contributed by atoms with van der Waals surface area (Å²) in [5, 5.41) is 29.0. The third kappa shape index (κ3) is 10.4. The third-order valence-corrected chi connectivity index (χ3v) is 6.11. The van der Waals surface area contributed by atoms with Crippen molar-refractivity contribution in [1.82, 2.24) is 0 Å². The topological polar surface area (TPSA) is 77.8 Å². The standard InChI is InChI=1S/C24H39BrO4/c1-2-3-4-5-6-7-8-9-10-11-12-13-14-15-16-17-21(26)19-18-20(25)23(28)24(29)22(19)27/h18,27-29H,2-17H2,1H3. The fraction of sp³-hybridized carbons (Fsp3) is 0.708. The molecule has 0 radical (unpaired) electrons. The summed E-state index contributed by atoms with van der Waals surface area (Å²) >= 11 is 3.08.